The Balaban J connectivity index is 0.00000176. The van der Waals surface area contributed by atoms with E-state index >= 15 is 0 Å². The Labute approximate surface area is 136 Å². The summed E-state index contributed by atoms with van der Waals surface area (Å²) in [6.45, 7) is 4.95. The molecule has 0 radical (unpaired) electrons. The summed E-state index contributed by atoms with van der Waals surface area (Å²) < 4.78 is 7.06. The zero-order valence-corrected chi connectivity index (χ0v) is 13.3. The molecule has 1 unspecified atom stereocenters. The molecule has 1 aromatic heterocycles. The minimum atomic E-state index is -0.137. The number of aromatic nitrogens is 2. The van der Waals surface area contributed by atoms with Crippen molar-refractivity contribution in [2.45, 2.75) is 13.0 Å². The number of hydrogen-bond donors (Lipinski definition) is 0. The van der Waals surface area contributed by atoms with Gasteiger partial charge in [0.15, 0.2) is 5.78 Å². The number of para-hydroxylation sites is 1. The number of ketones is 1. The molecule has 1 aliphatic heterocycles. The number of benzene rings is 1. The summed E-state index contributed by atoms with van der Waals surface area (Å²) in [7, 11) is 0. The highest BCUT2D eigenvalue weighted by atomic mass is 35.5. The quantitative estimate of drug-likeness (QED) is 0.810. The fourth-order valence-corrected chi connectivity index (χ4v) is 2.54. The second kappa shape index (κ2) is 7.54. The van der Waals surface area contributed by atoms with Crippen LogP contribution in [0.1, 0.15) is 17.3 Å². The average molecular weight is 322 g/mol. The summed E-state index contributed by atoms with van der Waals surface area (Å²) in [5, 5.41) is 4.29. The largest absolute Gasteiger partial charge is 0.379 e. The molecule has 5 nitrogen and oxygen atoms in total. The van der Waals surface area contributed by atoms with E-state index < -0.39 is 0 Å². The van der Waals surface area contributed by atoms with Crippen LogP contribution >= 0.6 is 12.4 Å². The standard InChI is InChI=1S/C16H19N3O2.ClH/c1-13(18-7-9-21-10-8-18)16(20)14-11-17-19(12-14)15-5-3-2-4-6-15;/h2-6,11-13H,7-10H2,1H3;1H. The van der Waals surface area contributed by atoms with Crippen molar-refractivity contribution in [2.24, 2.45) is 0 Å². The maximum atomic E-state index is 12.6. The molecule has 22 heavy (non-hydrogen) atoms. The first-order valence-electron chi connectivity index (χ1n) is 7.22. The van der Waals surface area contributed by atoms with Crippen LogP contribution < -0.4 is 0 Å². The Morgan fingerprint density at radius 3 is 2.59 bits per heavy atom. The Bertz CT molecular complexity index is 609. The molecule has 1 fully saturated rings. The van der Waals surface area contributed by atoms with E-state index in [0.29, 0.717) is 18.8 Å². The molecule has 0 bridgehead atoms. The zero-order chi connectivity index (χ0) is 14.7. The van der Waals surface area contributed by atoms with Gasteiger partial charge in [-0.2, -0.15) is 5.10 Å². The molecule has 3 rings (SSSR count). The number of hydrogen-bond acceptors (Lipinski definition) is 4. The molecule has 2 heterocycles. The molecule has 6 heteroatoms. The van der Waals surface area contributed by atoms with Crippen LogP contribution in [0.4, 0.5) is 0 Å². The van der Waals surface area contributed by atoms with Gasteiger partial charge in [-0.3, -0.25) is 9.69 Å². The predicted octanol–water partition coefficient (Wildman–Crippen LogP) is 2.20. The van der Waals surface area contributed by atoms with Crippen LogP contribution in [0.3, 0.4) is 0 Å². The maximum Gasteiger partial charge on any atom is 0.182 e. The minimum Gasteiger partial charge on any atom is -0.379 e. The van der Waals surface area contributed by atoms with Crippen LogP contribution in [0.15, 0.2) is 42.7 Å². The molecular formula is C16H20ClN3O2. The lowest BCUT2D eigenvalue weighted by molar-refractivity contribution is 0.0208. The van der Waals surface area contributed by atoms with Crippen LogP contribution in [0, 0.1) is 0 Å². The van der Waals surface area contributed by atoms with Gasteiger partial charge in [-0.25, -0.2) is 4.68 Å². The van der Waals surface area contributed by atoms with Gasteiger partial charge in [-0.05, 0) is 19.1 Å². The predicted molar refractivity (Wildman–Crippen MR) is 87.0 cm³/mol. The Morgan fingerprint density at radius 2 is 1.91 bits per heavy atom. The van der Waals surface area contributed by atoms with Crippen LogP contribution in [0.2, 0.25) is 0 Å². The van der Waals surface area contributed by atoms with E-state index in [9.17, 15) is 4.79 Å². The Hall–Kier alpha value is -1.69. The summed E-state index contributed by atoms with van der Waals surface area (Å²) in [4.78, 5) is 14.7. The third-order valence-corrected chi connectivity index (χ3v) is 3.86. The van der Waals surface area contributed by atoms with Crippen LogP contribution in [-0.4, -0.2) is 52.8 Å². The molecule has 0 saturated carbocycles. The number of rotatable bonds is 4. The third kappa shape index (κ3) is 3.55. The second-order valence-corrected chi connectivity index (χ2v) is 5.20. The van der Waals surface area contributed by atoms with Gasteiger partial charge in [0.05, 0.1) is 36.7 Å². The van der Waals surface area contributed by atoms with Gasteiger partial charge in [0, 0.05) is 19.3 Å². The van der Waals surface area contributed by atoms with Crippen LogP contribution in [0.25, 0.3) is 5.69 Å². The molecule has 1 aromatic carbocycles. The average Bonchev–Trinajstić information content (AvgIpc) is 3.05. The fraction of sp³-hybridized carbons (Fsp3) is 0.375. The van der Waals surface area contributed by atoms with Gasteiger partial charge in [0.2, 0.25) is 0 Å². The number of carbonyl (C=O) groups excluding carboxylic acids is 1. The highest BCUT2D eigenvalue weighted by Gasteiger charge is 2.25. The van der Waals surface area contributed by atoms with E-state index in [1.54, 1.807) is 17.1 Å². The van der Waals surface area contributed by atoms with Crippen molar-refractivity contribution in [2.75, 3.05) is 26.3 Å². The van der Waals surface area contributed by atoms with E-state index in [1.807, 2.05) is 37.3 Å². The van der Waals surface area contributed by atoms with E-state index in [2.05, 4.69) is 10.00 Å². The first-order chi connectivity index (χ1) is 10.3. The minimum absolute atomic E-state index is 0. The summed E-state index contributed by atoms with van der Waals surface area (Å²) in [5.74, 6) is 0.110. The van der Waals surface area contributed by atoms with Gasteiger partial charge in [-0.1, -0.05) is 18.2 Å². The first-order valence-corrected chi connectivity index (χ1v) is 7.22. The summed E-state index contributed by atoms with van der Waals surface area (Å²) in [5.41, 5.74) is 1.61. The van der Waals surface area contributed by atoms with Gasteiger partial charge >= 0.3 is 0 Å². The van der Waals surface area contributed by atoms with Crippen LogP contribution in [-0.2, 0) is 4.74 Å². The van der Waals surface area contributed by atoms with E-state index in [-0.39, 0.29) is 24.2 Å². The van der Waals surface area contributed by atoms with Crippen molar-refractivity contribution in [3.8, 4) is 5.69 Å². The lowest BCUT2D eigenvalue weighted by Crippen LogP contribution is -2.45. The zero-order valence-electron chi connectivity index (χ0n) is 12.5. The van der Waals surface area contributed by atoms with Gasteiger partial charge < -0.3 is 4.74 Å². The number of ether oxygens (including phenoxy) is 1. The molecular weight excluding hydrogens is 302 g/mol. The van der Waals surface area contributed by atoms with E-state index in [4.69, 9.17) is 4.74 Å². The van der Waals surface area contributed by atoms with Crippen molar-refractivity contribution < 1.29 is 9.53 Å². The molecule has 118 valence electrons. The smallest absolute Gasteiger partial charge is 0.182 e. The number of halogens is 1. The van der Waals surface area contributed by atoms with Crippen molar-refractivity contribution in [3.63, 3.8) is 0 Å². The number of nitrogens with zero attached hydrogens (tertiary/aromatic N) is 3. The second-order valence-electron chi connectivity index (χ2n) is 5.20. The molecule has 2 aromatic rings. The summed E-state index contributed by atoms with van der Waals surface area (Å²) >= 11 is 0. The van der Waals surface area contributed by atoms with Gasteiger partial charge in [-0.15, -0.1) is 12.4 Å². The Morgan fingerprint density at radius 1 is 1.23 bits per heavy atom. The van der Waals surface area contributed by atoms with E-state index in [1.165, 1.54) is 0 Å². The lowest BCUT2D eigenvalue weighted by Gasteiger charge is -2.31. The number of morpholine rings is 1. The normalized spacial score (nSPS) is 16.8. The highest BCUT2D eigenvalue weighted by Crippen LogP contribution is 2.13. The molecule has 0 spiro atoms. The lowest BCUT2D eigenvalue weighted by atomic mass is 10.1. The third-order valence-electron chi connectivity index (χ3n) is 3.86. The van der Waals surface area contributed by atoms with Crippen molar-refractivity contribution in [1.82, 2.24) is 14.7 Å². The van der Waals surface area contributed by atoms with Gasteiger partial charge in [0.25, 0.3) is 0 Å². The van der Waals surface area contributed by atoms with Crippen molar-refractivity contribution >= 4 is 18.2 Å². The topological polar surface area (TPSA) is 47.4 Å². The Kier molecular flexibility index (Phi) is 5.71. The molecule has 1 atom stereocenters. The number of Topliss-reactive ketones (excluding diaryl/α,β-unsaturated/α-hetero) is 1. The van der Waals surface area contributed by atoms with Crippen molar-refractivity contribution in [1.29, 1.82) is 0 Å². The number of carbonyl (C=O) groups is 1. The fourth-order valence-electron chi connectivity index (χ4n) is 2.54. The SMILES string of the molecule is CC(C(=O)c1cnn(-c2ccccc2)c1)N1CCOCC1.Cl. The van der Waals surface area contributed by atoms with Crippen molar-refractivity contribution in [3.05, 3.63) is 48.3 Å². The van der Waals surface area contributed by atoms with Crippen LogP contribution in [0.5, 0.6) is 0 Å². The maximum absolute atomic E-state index is 12.6. The summed E-state index contributed by atoms with van der Waals surface area (Å²) in [6.07, 6.45) is 3.45. The highest BCUT2D eigenvalue weighted by molar-refractivity contribution is 5.99. The molecule has 1 saturated heterocycles. The first kappa shape index (κ1) is 16.7. The summed E-state index contributed by atoms with van der Waals surface area (Å²) in [6, 6.07) is 9.66. The van der Waals surface area contributed by atoms with Gasteiger partial charge in [0.1, 0.15) is 0 Å². The monoisotopic (exact) mass is 321 g/mol. The molecule has 0 aliphatic carbocycles. The molecule has 0 amide bonds. The molecule has 1 aliphatic rings. The molecule has 0 N–H and O–H groups in total. The van der Waals surface area contributed by atoms with E-state index in [0.717, 1.165) is 18.8 Å².